The molecule has 1 saturated carbocycles. The van der Waals surface area contributed by atoms with Crippen molar-refractivity contribution >= 4 is 5.97 Å². The van der Waals surface area contributed by atoms with E-state index in [9.17, 15) is 4.79 Å². The first kappa shape index (κ1) is 9.04. The monoisotopic (exact) mass is 182 g/mol. The average molecular weight is 182 g/mol. The Balaban J connectivity index is 2.34. The second-order valence-electron chi connectivity index (χ2n) is 5.41. The summed E-state index contributed by atoms with van der Waals surface area (Å²) in [5.74, 6) is 0.464. The van der Waals surface area contributed by atoms with E-state index in [-0.39, 0.29) is 16.8 Å². The average Bonchev–Trinajstić information content (AvgIpc) is 2.29. The van der Waals surface area contributed by atoms with Crippen LogP contribution in [0.4, 0.5) is 0 Å². The molecule has 1 aliphatic heterocycles. The largest absolute Gasteiger partial charge is 0.465 e. The summed E-state index contributed by atoms with van der Waals surface area (Å²) in [7, 11) is 0. The van der Waals surface area contributed by atoms with Crippen LogP contribution in [0.3, 0.4) is 0 Å². The minimum atomic E-state index is -0.179. The lowest BCUT2D eigenvalue weighted by Crippen LogP contribution is -2.42. The molecular formula is C11H18O2. The van der Waals surface area contributed by atoms with E-state index in [1.54, 1.807) is 0 Å². The summed E-state index contributed by atoms with van der Waals surface area (Å²) in [5.41, 5.74) is 0.0981. The lowest BCUT2D eigenvalue weighted by Gasteiger charge is -2.43. The normalized spacial score (nSPS) is 42.7. The molecule has 2 aliphatic rings. The highest BCUT2D eigenvalue weighted by atomic mass is 16.5. The Morgan fingerprint density at radius 1 is 1.31 bits per heavy atom. The van der Waals surface area contributed by atoms with Gasteiger partial charge >= 0.3 is 5.97 Å². The van der Waals surface area contributed by atoms with Gasteiger partial charge in [-0.2, -0.15) is 0 Å². The minimum Gasteiger partial charge on any atom is -0.465 e. The Bertz CT molecular complexity index is 244. The van der Waals surface area contributed by atoms with Gasteiger partial charge in [0.05, 0.1) is 12.0 Å². The zero-order chi connectivity index (χ0) is 9.69. The first-order valence-corrected chi connectivity index (χ1v) is 5.14. The molecule has 2 rings (SSSR count). The Labute approximate surface area is 79.7 Å². The zero-order valence-corrected chi connectivity index (χ0v) is 8.72. The van der Waals surface area contributed by atoms with Gasteiger partial charge in [-0.3, -0.25) is 4.79 Å². The van der Waals surface area contributed by atoms with Gasteiger partial charge in [0, 0.05) is 5.92 Å². The highest BCUT2D eigenvalue weighted by Gasteiger charge is 2.56. The van der Waals surface area contributed by atoms with Crippen LogP contribution in [0, 0.1) is 16.7 Å². The molecule has 2 atom stereocenters. The molecule has 0 unspecified atom stereocenters. The Morgan fingerprint density at radius 3 is 2.62 bits per heavy atom. The lowest BCUT2D eigenvalue weighted by molar-refractivity contribution is -0.147. The third-order valence-corrected chi connectivity index (χ3v) is 4.08. The molecule has 1 heterocycles. The predicted octanol–water partition coefficient (Wildman–Crippen LogP) is 2.38. The summed E-state index contributed by atoms with van der Waals surface area (Å²) in [6.07, 6.45) is 3.40. The van der Waals surface area contributed by atoms with E-state index < -0.39 is 0 Å². The van der Waals surface area contributed by atoms with E-state index in [2.05, 4.69) is 20.8 Å². The van der Waals surface area contributed by atoms with Crippen molar-refractivity contribution in [2.24, 2.45) is 16.7 Å². The fourth-order valence-electron chi connectivity index (χ4n) is 3.10. The fraction of sp³-hybridized carbons (Fsp3) is 0.909. The molecule has 1 aliphatic carbocycles. The lowest BCUT2D eigenvalue weighted by atomic mass is 9.58. The van der Waals surface area contributed by atoms with Crippen LogP contribution >= 0.6 is 0 Å². The second kappa shape index (κ2) is 2.49. The van der Waals surface area contributed by atoms with Gasteiger partial charge in [-0.15, -0.1) is 0 Å². The highest BCUT2D eigenvalue weighted by Crippen LogP contribution is 2.54. The molecule has 0 aromatic rings. The van der Waals surface area contributed by atoms with Gasteiger partial charge < -0.3 is 4.74 Å². The van der Waals surface area contributed by atoms with Crippen LogP contribution in [0.2, 0.25) is 0 Å². The van der Waals surface area contributed by atoms with Crippen molar-refractivity contribution in [3.05, 3.63) is 0 Å². The Kier molecular flexibility index (Phi) is 1.73. The van der Waals surface area contributed by atoms with Crippen molar-refractivity contribution in [2.45, 2.75) is 40.0 Å². The third-order valence-electron chi connectivity index (χ3n) is 4.08. The molecule has 0 aromatic heterocycles. The molecule has 0 radical (unpaired) electrons. The number of ether oxygens (including phenoxy) is 1. The smallest absolute Gasteiger partial charge is 0.312 e. The van der Waals surface area contributed by atoms with Crippen molar-refractivity contribution < 1.29 is 9.53 Å². The van der Waals surface area contributed by atoms with Gasteiger partial charge in [-0.1, -0.05) is 20.3 Å². The van der Waals surface area contributed by atoms with Crippen LogP contribution in [0.15, 0.2) is 0 Å². The number of cyclic esters (lactones) is 1. The van der Waals surface area contributed by atoms with Crippen molar-refractivity contribution in [3.63, 3.8) is 0 Å². The highest BCUT2D eigenvalue weighted by molar-refractivity contribution is 5.79. The number of carbonyl (C=O) groups excluding carboxylic acids is 1. The molecule has 0 N–H and O–H groups in total. The maximum atomic E-state index is 11.6. The second-order valence-corrected chi connectivity index (χ2v) is 5.41. The van der Waals surface area contributed by atoms with E-state index in [0.717, 1.165) is 12.8 Å². The summed E-state index contributed by atoms with van der Waals surface area (Å²) in [6, 6.07) is 0. The molecule has 0 aromatic carbocycles. The van der Waals surface area contributed by atoms with Gasteiger partial charge in [0.2, 0.25) is 0 Å². The summed E-state index contributed by atoms with van der Waals surface area (Å²) < 4.78 is 5.20. The molecule has 2 fully saturated rings. The molecule has 74 valence electrons. The van der Waals surface area contributed by atoms with E-state index in [1.165, 1.54) is 6.42 Å². The Morgan fingerprint density at radius 2 is 2.00 bits per heavy atom. The number of carbonyl (C=O) groups is 1. The van der Waals surface area contributed by atoms with Crippen molar-refractivity contribution in [1.29, 1.82) is 0 Å². The van der Waals surface area contributed by atoms with E-state index in [4.69, 9.17) is 4.74 Å². The quantitative estimate of drug-likeness (QED) is 0.538. The number of hydrogen-bond acceptors (Lipinski definition) is 2. The summed E-state index contributed by atoms with van der Waals surface area (Å²) in [5, 5.41) is 0. The summed E-state index contributed by atoms with van der Waals surface area (Å²) in [6.45, 7) is 7.24. The minimum absolute atomic E-state index is 0.0327. The van der Waals surface area contributed by atoms with E-state index >= 15 is 0 Å². The van der Waals surface area contributed by atoms with Crippen molar-refractivity contribution in [3.8, 4) is 0 Å². The number of esters is 1. The zero-order valence-electron chi connectivity index (χ0n) is 8.72. The predicted molar refractivity (Wildman–Crippen MR) is 50.2 cm³/mol. The standard InChI is InChI=1S/C11H18O2/c1-10(2)5-4-6-11(3)8(10)7-13-9(11)12/h8H,4-7H2,1-3H3/t8-,11+/m0/s1. The number of fused-ring (bicyclic) bond motifs is 1. The summed E-state index contributed by atoms with van der Waals surface area (Å²) in [4.78, 5) is 11.6. The van der Waals surface area contributed by atoms with Gasteiger partial charge in [-0.25, -0.2) is 0 Å². The van der Waals surface area contributed by atoms with Gasteiger partial charge in [0.25, 0.3) is 0 Å². The van der Waals surface area contributed by atoms with Crippen LogP contribution < -0.4 is 0 Å². The molecule has 2 nitrogen and oxygen atoms in total. The van der Waals surface area contributed by atoms with Gasteiger partial charge in [0.1, 0.15) is 0 Å². The maximum absolute atomic E-state index is 11.6. The van der Waals surface area contributed by atoms with Crippen LogP contribution in [0.25, 0.3) is 0 Å². The van der Waals surface area contributed by atoms with Gasteiger partial charge in [0.15, 0.2) is 0 Å². The van der Waals surface area contributed by atoms with Gasteiger partial charge in [-0.05, 0) is 25.2 Å². The fourth-order valence-corrected chi connectivity index (χ4v) is 3.10. The van der Waals surface area contributed by atoms with Crippen LogP contribution in [0.1, 0.15) is 40.0 Å². The van der Waals surface area contributed by atoms with Crippen LogP contribution in [-0.4, -0.2) is 12.6 Å². The van der Waals surface area contributed by atoms with Crippen molar-refractivity contribution in [2.75, 3.05) is 6.61 Å². The van der Waals surface area contributed by atoms with E-state index in [0.29, 0.717) is 12.5 Å². The first-order valence-electron chi connectivity index (χ1n) is 5.14. The topological polar surface area (TPSA) is 26.3 Å². The molecule has 0 bridgehead atoms. The molecule has 13 heavy (non-hydrogen) atoms. The molecule has 0 amide bonds. The third kappa shape index (κ3) is 1.11. The summed E-state index contributed by atoms with van der Waals surface area (Å²) >= 11 is 0. The van der Waals surface area contributed by atoms with E-state index in [1.807, 2.05) is 0 Å². The molecule has 0 spiro atoms. The Hall–Kier alpha value is -0.530. The maximum Gasteiger partial charge on any atom is 0.312 e. The van der Waals surface area contributed by atoms with Crippen LogP contribution in [-0.2, 0) is 9.53 Å². The number of rotatable bonds is 0. The first-order chi connectivity index (χ1) is 5.97. The molecule has 2 heteroatoms. The molecular weight excluding hydrogens is 164 g/mol. The molecule has 1 saturated heterocycles. The SMILES string of the molecule is CC1(C)CCC[C@@]2(C)C(=O)OC[C@@H]12. The van der Waals surface area contributed by atoms with Crippen LogP contribution in [0.5, 0.6) is 0 Å². The number of hydrogen-bond donors (Lipinski definition) is 0. The van der Waals surface area contributed by atoms with Crippen molar-refractivity contribution in [1.82, 2.24) is 0 Å².